The van der Waals surface area contributed by atoms with E-state index in [0.717, 1.165) is 11.3 Å². The monoisotopic (exact) mass is 314 g/mol. The summed E-state index contributed by atoms with van der Waals surface area (Å²) in [5.41, 5.74) is -1.27. The van der Waals surface area contributed by atoms with Gasteiger partial charge in [-0.15, -0.1) is 0 Å². The Morgan fingerprint density at radius 3 is 1.84 bits per heavy atom. The molecule has 1 nitrogen and oxygen atoms in total. The van der Waals surface area contributed by atoms with Gasteiger partial charge in [-0.25, -0.2) is 0 Å². The van der Waals surface area contributed by atoms with E-state index in [1.165, 1.54) is 0 Å². The van der Waals surface area contributed by atoms with E-state index in [1.807, 2.05) is 27.7 Å². The summed E-state index contributed by atoms with van der Waals surface area (Å²) in [6.07, 6.45) is 0.968. The standard InChI is InChI=1S/C15H22OS3/c1-7-8(2)10(17)9-11(18)14(3,4)13(16)15(5,6)12(9)19/h8-9H,7H2,1-6H3. The Hall–Kier alpha value is -0.0600. The molecule has 1 atom stereocenters. The maximum atomic E-state index is 12.6. The second-order valence-corrected chi connectivity index (χ2v) is 7.80. The van der Waals surface area contributed by atoms with E-state index >= 15 is 0 Å². The lowest BCUT2D eigenvalue weighted by molar-refractivity contribution is -0.129. The molecular weight excluding hydrogens is 292 g/mol. The Balaban J connectivity index is 3.33. The number of rotatable bonds is 3. The number of ketones is 1. The maximum absolute atomic E-state index is 12.6. The van der Waals surface area contributed by atoms with Gasteiger partial charge in [-0.05, 0) is 40.0 Å². The SMILES string of the molecule is CCC(C)C(=S)C1C(=S)C(C)(C)C(=O)C(C)(C)C1=S. The largest absolute Gasteiger partial charge is 0.298 e. The van der Waals surface area contributed by atoms with Crippen molar-refractivity contribution in [2.45, 2.75) is 48.0 Å². The van der Waals surface area contributed by atoms with Crippen LogP contribution in [0.2, 0.25) is 0 Å². The second-order valence-electron chi connectivity index (χ2n) is 6.45. The van der Waals surface area contributed by atoms with Crippen LogP contribution in [0.15, 0.2) is 0 Å². The number of carbonyl (C=O) groups excluding carboxylic acids is 1. The van der Waals surface area contributed by atoms with Crippen molar-refractivity contribution in [1.82, 2.24) is 0 Å². The van der Waals surface area contributed by atoms with Gasteiger partial charge >= 0.3 is 0 Å². The summed E-state index contributed by atoms with van der Waals surface area (Å²) < 4.78 is 0. The summed E-state index contributed by atoms with van der Waals surface area (Å²) >= 11 is 16.7. The summed E-state index contributed by atoms with van der Waals surface area (Å²) in [4.78, 5) is 14.9. The van der Waals surface area contributed by atoms with Crippen LogP contribution in [-0.4, -0.2) is 20.4 Å². The van der Waals surface area contributed by atoms with E-state index in [0.29, 0.717) is 9.73 Å². The Labute approximate surface area is 132 Å². The van der Waals surface area contributed by atoms with Crippen LogP contribution in [-0.2, 0) is 4.79 Å². The molecule has 0 aromatic carbocycles. The van der Waals surface area contributed by atoms with Gasteiger partial charge in [-0.3, -0.25) is 4.79 Å². The number of carbonyl (C=O) groups is 1. The summed E-state index contributed by atoms with van der Waals surface area (Å²) in [6, 6.07) is 0. The minimum atomic E-state index is -0.636. The fourth-order valence-corrected chi connectivity index (χ4v) is 3.89. The van der Waals surface area contributed by atoms with Gasteiger partial charge in [-0.1, -0.05) is 50.5 Å². The zero-order valence-corrected chi connectivity index (χ0v) is 14.9. The molecule has 0 saturated heterocycles. The van der Waals surface area contributed by atoms with Crippen molar-refractivity contribution in [2.24, 2.45) is 22.7 Å². The molecule has 1 saturated carbocycles. The Kier molecular flexibility index (Phi) is 4.81. The quantitative estimate of drug-likeness (QED) is 0.718. The van der Waals surface area contributed by atoms with Gasteiger partial charge in [-0.2, -0.15) is 0 Å². The molecule has 1 aliphatic rings. The molecule has 0 bridgehead atoms. The summed E-state index contributed by atoms with van der Waals surface area (Å²) in [5.74, 6) is 0.228. The van der Waals surface area contributed by atoms with Gasteiger partial charge in [0, 0.05) is 14.6 Å². The highest BCUT2D eigenvalue weighted by atomic mass is 32.1. The minimum absolute atomic E-state index is 0.109. The smallest absolute Gasteiger partial charge is 0.153 e. The molecule has 0 spiro atoms. The Bertz CT molecular complexity index is 430. The van der Waals surface area contributed by atoms with Crippen molar-refractivity contribution < 1.29 is 4.79 Å². The van der Waals surface area contributed by atoms with E-state index < -0.39 is 10.8 Å². The third-order valence-corrected chi connectivity index (χ3v) is 6.40. The molecule has 0 aromatic rings. The first kappa shape index (κ1) is 17.0. The number of Topliss-reactive ketones (excluding diaryl/α,β-unsaturated/α-hetero) is 1. The molecule has 0 aromatic heterocycles. The lowest BCUT2D eigenvalue weighted by Gasteiger charge is -2.45. The van der Waals surface area contributed by atoms with Crippen molar-refractivity contribution in [3.8, 4) is 0 Å². The van der Waals surface area contributed by atoms with E-state index in [-0.39, 0.29) is 17.6 Å². The summed E-state index contributed by atoms with van der Waals surface area (Å²) in [5, 5.41) is 0. The molecule has 1 fully saturated rings. The van der Waals surface area contributed by atoms with Crippen molar-refractivity contribution >= 4 is 57.0 Å². The van der Waals surface area contributed by atoms with E-state index in [4.69, 9.17) is 36.7 Å². The van der Waals surface area contributed by atoms with Crippen molar-refractivity contribution in [1.29, 1.82) is 0 Å². The van der Waals surface area contributed by atoms with Crippen molar-refractivity contribution in [3.63, 3.8) is 0 Å². The van der Waals surface area contributed by atoms with Gasteiger partial charge in [0.15, 0.2) is 5.78 Å². The van der Waals surface area contributed by atoms with Crippen LogP contribution in [0.4, 0.5) is 0 Å². The lowest BCUT2D eigenvalue weighted by Crippen LogP contribution is -2.58. The van der Waals surface area contributed by atoms with Crippen LogP contribution < -0.4 is 0 Å². The number of thiocarbonyl (C=S) groups is 3. The predicted octanol–water partition coefficient (Wildman–Crippen LogP) is 4.39. The molecule has 4 heteroatoms. The molecule has 19 heavy (non-hydrogen) atoms. The van der Waals surface area contributed by atoms with Crippen LogP contribution in [0.25, 0.3) is 0 Å². The van der Waals surface area contributed by atoms with Crippen LogP contribution >= 0.6 is 36.7 Å². The van der Waals surface area contributed by atoms with Crippen LogP contribution in [0.5, 0.6) is 0 Å². The summed E-state index contributed by atoms with van der Waals surface area (Å²) in [7, 11) is 0. The predicted molar refractivity (Wildman–Crippen MR) is 93.3 cm³/mol. The van der Waals surface area contributed by atoms with Gasteiger partial charge in [0.05, 0.1) is 16.7 Å². The highest BCUT2D eigenvalue weighted by Gasteiger charge is 2.54. The van der Waals surface area contributed by atoms with Crippen LogP contribution in [0, 0.1) is 22.7 Å². The van der Waals surface area contributed by atoms with Gasteiger partial charge in [0.1, 0.15) is 0 Å². The average molecular weight is 315 g/mol. The first-order valence-electron chi connectivity index (χ1n) is 6.66. The molecule has 0 radical (unpaired) electrons. The van der Waals surface area contributed by atoms with Crippen LogP contribution in [0.1, 0.15) is 48.0 Å². The fourth-order valence-electron chi connectivity index (χ4n) is 2.59. The van der Waals surface area contributed by atoms with Gasteiger partial charge < -0.3 is 0 Å². The van der Waals surface area contributed by atoms with Crippen molar-refractivity contribution in [3.05, 3.63) is 0 Å². The highest BCUT2D eigenvalue weighted by molar-refractivity contribution is 7.84. The molecule has 0 N–H and O–H groups in total. The van der Waals surface area contributed by atoms with Gasteiger partial charge in [0.25, 0.3) is 0 Å². The maximum Gasteiger partial charge on any atom is 0.153 e. The Morgan fingerprint density at radius 1 is 1.16 bits per heavy atom. The average Bonchev–Trinajstić information content (AvgIpc) is 2.34. The van der Waals surface area contributed by atoms with Crippen LogP contribution in [0.3, 0.4) is 0 Å². The zero-order chi connectivity index (χ0) is 15.2. The second kappa shape index (κ2) is 5.38. The van der Waals surface area contributed by atoms with E-state index in [9.17, 15) is 4.79 Å². The first-order chi connectivity index (χ1) is 8.49. The molecule has 0 amide bonds. The van der Waals surface area contributed by atoms with E-state index in [1.54, 1.807) is 0 Å². The zero-order valence-electron chi connectivity index (χ0n) is 12.5. The van der Waals surface area contributed by atoms with Gasteiger partial charge in [0.2, 0.25) is 0 Å². The molecule has 106 valence electrons. The Morgan fingerprint density at radius 2 is 1.53 bits per heavy atom. The van der Waals surface area contributed by atoms with Crippen molar-refractivity contribution in [2.75, 3.05) is 0 Å². The number of hydrogen-bond donors (Lipinski definition) is 0. The third kappa shape index (κ3) is 2.59. The normalized spacial score (nSPS) is 24.4. The minimum Gasteiger partial charge on any atom is -0.298 e. The topological polar surface area (TPSA) is 17.1 Å². The molecule has 0 aliphatic heterocycles. The number of hydrogen-bond acceptors (Lipinski definition) is 4. The lowest BCUT2D eigenvalue weighted by atomic mass is 9.58. The molecule has 1 aliphatic carbocycles. The highest BCUT2D eigenvalue weighted by Crippen LogP contribution is 2.43. The van der Waals surface area contributed by atoms with E-state index in [2.05, 4.69) is 13.8 Å². The molecular formula is C15H22OS3. The molecule has 1 unspecified atom stereocenters. The third-order valence-electron chi connectivity index (χ3n) is 4.27. The first-order valence-corrected chi connectivity index (χ1v) is 7.89. The molecule has 1 rings (SSSR count). The fraction of sp³-hybridized carbons (Fsp3) is 0.733. The molecule has 0 heterocycles. The summed E-state index contributed by atoms with van der Waals surface area (Å²) in [6.45, 7) is 11.8.